The molecule has 0 aliphatic heterocycles. The summed E-state index contributed by atoms with van der Waals surface area (Å²) in [4.78, 5) is 11.5. The molecule has 0 amide bonds. The quantitative estimate of drug-likeness (QED) is 0.572. The van der Waals surface area contributed by atoms with Crippen LogP contribution in [0.4, 0.5) is 5.69 Å². The summed E-state index contributed by atoms with van der Waals surface area (Å²) < 4.78 is 10.1. The number of nitrogens with one attached hydrogen (secondary N) is 1. The van der Waals surface area contributed by atoms with Gasteiger partial charge in [0.1, 0.15) is 18.2 Å². The fraction of sp³-hybridized carbons (Fsp3) is 0.583. The van der Waals surface area contributed by atoms with Gasteiger partial charge in [-0.3, -0.25) is 4.79 Å². The fourth-order valence-electron chi connectivity index (χ4n) is 1.42. The van der Waals surface area contributed by atoms with E-state index in [0.29, 0.717) is 17.9 Å². The molecule has 0 radical (unpaired) electrons. The van der Waals surface area contributed by atoms with Crippen LogP contribution in [0.25, 0.3) is 0 Å². The van der Waals surface area contributed by atoms with Crippen molar-refractivity contribution < 1.29 is 13.9 Å². The van der Waals surface area contributed by atoms with Crippen molar-refractivity contribution in [2.45, 2.75) is 39.0 Å². The Morgan fingerprint density at radius 2 is 2.19 bits per heavy atom. The van der Waals surface area contributed by atoms with Crippen LogP contribution in [0.1, 0.15) is 39.0 Å². The van der Waals surface area contributed by atoms with E-state index in [1.54, 1.807) is 7.05 Å². The van der Waals surface area contributed by atoms with Crippen molar-refractivity contribution in [2.75, 3.05) is 12.4 Å². The van der Waals surface area contributed by atoms with E-state index in [1.165, 1.54) is 25.4 Å². The van der Waals surface area contributed by atoms with Crippen LogP contribution >= 0.6 is 0 Å². The van der Waals surface area contributed by atoms with Gasteiger partial charge < -0.3 is 14.5 Å². The first kappa shape index (κ1) is 12.6. The molecule has 0 fully saturated rings. The first-order chi connectivity index (χ1) is 7.77. The largest absolute Gasteiger partial charge is 0.466 e. The molecule has 1 rings (SSSR count). The third kappa shape index (κ3) is 3.96. The van der Waals surface area contributed by atoms with Gasteiger partial charge in [-0.25, -0.2) is 0 Å². The highest BCUT2D eigenvalue weighted by molar-refractivity contribution is 5.74. The second-order valence-electron chi connectivity index (χ2n) is 3.68. The topological polar surface area (TPSA) is 51.5 Å². The Bertz CT molecular complexity index is 320. The zero-order valence-electron chi connectivity index (χ0n) is 9.91. The molecule has 1 heterocycles. The van der Waals surface area contributed by atoms with Gasteiger partial charge in [0.25, 0.3) is 0 Å². The zero-order valence-corrected chi connectivity index (χ0v) is 9.91. The Labute approximate surface area is 96.0 Å². The summed E-state index contributed by atoms with van der Waals surface area (Å²) in [6.07, 6.45) is 7.71. The molecule has 0 saturated carbocycles. The lowest BCUT2D eigenvalue weighted by atomic mass is 10.2. The number of carbonyl (C=O) groups excluding carboxylic acids is 1. The van der Waals surface area contributed by atoms with E-state index in [0.717, 1.165) is 12.8 Å². The highest BCUT2D eigenvalue weighted by Crippen LogP contribution is 2.25. The fourth-order valence-corrected chi connectivity index (χ4v) is 1.42. The Kier molecular flexibility index (Phi) is 5.46. The SMILES string of the molecule is CCCCCCC(=O)Oc1cocc1NC. The van der Waals surface area contributed by atoms with Gasteiger partial charge in [-0.2, -0.15) is 0 Å². The van der Waals surface area contributed by atoms with Crippen molar-refractivity contribution >= 4 is 11.7 Å². The molecular formula is C12H19NO3. The van der Waals surface area contributed by atoms with Crippen LogP contribution in [0.2, 0.25) is 0 Å². The summed E-state index contributed by atoms with van der Waals surface area (Å²) in [5.74, 6) is 0.261. The van der Waals surface area contributed by atoms with Crippen LogP contribution in [0.15, 0.2) is 16.9 Å². The van der Waals surface area contributed by atoms with Gasteiger partial charge in [-0.15, -0.1) is 0 Å². The second-order valence-corrected chi connectivity index (χ2v) is 3.68. The molecule has 0 atom stereocenters. The smallest absolute Gasteiger partial charge is 0.311 e. The molecule has 4 heteroatoms. The number of carbonyl (C=O) groups is 1. The maximum atomic E-state index is 11.5. The van der Waals surface area contributed by atoms with Crippen molar-refractivity contribution in [3.05, 3.63) is 12.5 Å². The Morgan fingerprint density at radius 1 is 1.38 bits per heavy atom. The van der Waals surface area contributed by atoms with Crippen molar-refractivity contribution in [3.8, 4) is 5.75 Å². The molecule has 0 unspecified atom stereocenters. The molecule has 0 bridgehead atoms. The minimum Gasteiger partial charge on any atom is -0.466 e. The number of unbranched alkanes of at least 4 members (excludes halogenated alkanes) is 3. The number of hydrogen-bond donors (Lipinski definition) is 1. The van der Waals surface area contributed by atoms with E-state index in [1.807, 2.05) is 0 Å². The first-order valence-electron chi connectivity index (χ1n) is 5.72. The van der Waals surface area contributed by atoms with Crippen molar-refractivity contribution in [2.24, 2.45) is 0 Å². The maximum Gasteiger partial charge on any atom is 0.311 e. The average molecular weight is 225 g/mol. The number of hydrogen-bond acceptors (Lipinski definition) is 4. The van der Waals surface area contributed by atoms with E-state index in [2.05, 4.69) is 12.2 Å². The molecule has 0 saturated heterocycles. The molecule has 90 valence electrons. The molecule has 0 aliphatic rings. The highest BCUT2D eigenvalue weighted by atomic mass is 16.5. The molecule has 16 heavy (non-hydrogen) atoms. The lowest BCUT2D eigenvalue weighted by molar-refractivity contribution is -0.134. The first-order valence-corrected chi connectivity index (χ1v) is 5.72. The van der Waals surface area contributed by atoms with Gasteiger partial charge in [0.05, 0.1) is 0 Å². The monoisotopic (exact) mass is 225 g/mol. The van der Waals surface area contributed by atoms with E-state index in [4.69, 9.17) is 9.15 Å². The standard InChI is InChI=1S/C12H19NO3/c1-3-4-5-6-7-12(14)16-11-9-15-8-10(11)13-2/h8-9,13H,3-7H2,1-2H3. The Balaban J connectivity index is 2.28. The van der Waals surface area contributed by atoms with Crippen molar-refractivity contribution in [1.82, 2.24) is 0 Å². The predicted octanol–water partition coefficient (Wildman–Crippen LogP) is 3.20. The summed E-state index contributed by atoms with van der Waals surface area (Å²) >= 11 is 0. The van der Waals surface area contributed by atoms with E-state index < -0.39 is 0 Å². The van der Waals surface area contributed by atoms with Crippen LogP contribution in [-0.4, -0.2) is 13.0 Å². The molecule has 0 spiro atoms. The molecule has 1 N–H and O–H groups in total. The third-order valence-corrected chi connectivity index (χ3v) is 2.35. The normalized spacial score (nSPS) is 10.1. The highest BCUT2D eigenvalue weighted by Gasteiger charge is 2.10. The molecule has 0 aliphatic carbocycles. The number of ether oxygens (including phenoxy) is 1. The maximum absolute atomic E-state index is 11.5. The summed E-state index contributed by atoms with van der Waals surface area (Å²) in [5, 5.41) is 2.89. The average Bonchev–Trinajstić information content (AvgIpc) is 2.71. The van der Waals surface area contributed by atoms with Crippen LogP contribution in [0.3, 0.4) is 0 Å². The third-order valence-electron chi connectivity index (χ3n) is 2.35. The van der Waals surface area contributed by atoms with Crippen LogP contribution in [0.5, 0.6) is 5.75 Å². The molecule has 4 nitrogen and oxygen atoms in total. The van der Waals surface area contributed by atoms with Crippen LogP contribution in [0, 0.1) is 0 Å². The Morgan fingerprint density at radius 3 is 2.88 bits per heavy atom. The summed E-state index contributed by atoms with van der Waals surface area (Å²) in [5.41, 5.74) is 0.696. The van der Waals surface area contributed by atoms with Crippen LogP contribution in [-0.2, 0) is 4.79 Å². The minimum absolute atomic E-state index is 0.200. The number of rotatable bonds is 7. The van der Waals surface area contributed by atoms with Gasteiger partial charge in [0.2, 0.25) is 0 Å². The number of esters is 1. The van der Waals surface area contributed by atoms with Crippen LogP contribution < -0.4 is 10.1 Å². The Hall–Kier alpha value is -1.45. The number of furan rings is 1. The van der Waals surface area contributed by atoms with Crippen molar-refractivity contribution in [1.29, 1.82) is 0 Å². The molecular weight excluding hydrogens is 206 g/mol. The van der Waals surface area contributed by atoms with Crippen molar-refractivity contribution in [3.63, 3.8) is 0 Å². The summed E-state index contributed by atoms with van der Waals surface area (Å²) in [6, 6.07) is 0. The molecule has 0 aromatic carbocycles. The molecule has 1 aromatic heterocycles. The van der Waals surface area contributed by atoms with Gasteiger partial charge in [0.15, 0.2) is 5.75 Å². The van der Waals surface area contributed by atoms with Gasteiger partial charge >= 0.3 is 5.97 Å². The van der Waals surface area contributed by atoms with Gasteiger partial charge in [0, 0.05) is 13.5 Å². The van der Waals surface area contributed by atoms with E-state index >= 15 is 0 Å². The van der Waals surface area contributed by atoms with E-state index in [9.17, 15) is 4.79 Å². The van der Waals surface area contributed by atoms with E-state index in [-0.39, 0.29) is 5.97 Å². The number of anilines is 1. The summed E-state index contributed by atoms with van der Waals surface area (Å²) in [6.45, 7) is 2.14. The van der Waals surface area contributed by atoms with Gasteiger partial charge in [-0.1, -0.05) is 26.2 Å². The lowest BCUT2D eigenvalue weighted by Crippen LogP contribution is -2.08. The van der Waals surface area contributed by atoms with Gasteiger partial charge in [-0.05, 0) is 6.42 Å². The summed E-state index contributed by atoms with van der Waals surface area (Å²) in [7, 11) is 1.75. The zero-order chi connectivity index (χ0) is 11.8. The predicted molar refractivity (Wildman–Crippen MR) is 62.6 cm³/mol. The second kappa shape index (κ2) is 6.93. The minimum atomic E-state index is -0.200. The lowest BCUT2D eigenvalue weighted by Gasteiger charge is -2.03. The molecule has 1 aromatic rings.